The zero-order chi connectivity index (χ0) is 26.4. The summed E-state index contributed by atoms with van der Waals surface area (Å²) in [5, 5.41) is 12.2. The number of halogens is 1. The second-order valence-electron chi connectivity index (χ2n) is 9.36. The van der Waals surface area contributed by atoms with Crippen molar-refractivity contribution in [3.8, 4) is 0 Å². The number of aromatic nitrogens is 1. The van der Waals surface area contributed by atoms with Crippen molar-refractivity contribution in [1.82, 2.24) is 4.98 Å². The maximum Gasteiger partial charge on any atom is 0.327 e. The Kier molecular flexibility index (Phi) is 8.67. The molecule has 0 unspecified atom stereocenters. The molecule has 4 rings (SSSR count). The Balaban J connectivity index is 1.57. The van der Waals surface area contributed by atoms with Crippen molar-refractivity contribution >= 4 is 52.9 Å². The summed E-state index contributed by atoms with van der Waals surface area (Å²) in [5.41, 5.74) is 4.06. The van der Waals surface area contributed by atoms with E-state index in [1.54, 1.807) is 13.8 Å². The summed E-state index contributed by atoms with van der Waals surface area (Å²) in [5.74, 6) is -1.12. The van der Waals surface area contributed by atoms with Crippen LogP contribution in [-0.2, 0) is 21.0 Å². The van der Waals surface area contributed by atoms with Gasteiger partial charge in [0.25, 0.3) is 0 Å². The van der Waals surface area contributed by atoms with Crippen molar-refractivity contribution in [3.05, 3.63) is 112 Å². The molecule has 0 amide bonds. The second kappa shape index (κ2) is 11.9. The van der Waals surface area contributed by atoms with E-state index in [-0.39, 0.29) is 12.3 Å². The van der Waals surface area contributed by atoms with Crippen LogP contribution < -0.4 is 0 Å². The predicted molar refractivity (Wildman–Crippen MR) is 151 cm³/mol. The zero-order valence-electron chi connectivity index (χ0n) is 20.6. The van der Waals surface area contributed by atoms with E-state index in [4.69, 9.17) is 20.3 Å². The first-order valence-electron chi connectivity index (χ1n) is 11.9. The van der Waals surface area contributed by atoms with Gasteiger partial charge >= 0.3 is 5.97 Å². The summed E-state index contributed by atoms with van der Waals surface area (Å²) in [6.07, 6.45) is 4.86. The number of hydrogen-bond donors (Lipinski definition) is 2. The maximum atomic E-state index is 12.8. The van der Waals surface area contributed by atoms with Gasteiger partial charge in [0.1, 0.15) is 0 Å². The number of carbonyl (C=O) groups excluding carboxylic acids is 1. The van der Waals surface area contributed by atoms with Gasteiger partial charge in [0.2, 0.25) is 12.3 Å². The van der Waals surface area contributed by atoms with Crippen LogP contribution in [0.2, 0.25) is 5.02 Å². The van der Waals surface area contributed by atoms with E-state index in [2.05, 4.69) is 4.98 Å². The smallest absolute Gasteiger partial charge is 0.327 e. The number of pyridine rings is 1. The molecule has 37 heavy (non-hydrogen) atoms. The van der Waals surface area contributed by atoms with E-state index in [1.165, 1.54) is 0 Å². The van der Waals surface area contributed by atoms with Gasteiger partial charge in [-0.15, -0.1) is 0 Å². The molecule has 5 nitrogen and oxygen atoms in total. The van der Waals surface area contributed by atoms with Crippen LogP contribution in [0.5, 0.6) is 0 Å². The van der Waals surface area contributed by atoms with Gasteiger partial charge in [-0.2, -0.15) is 0 Å². The Morgan fingerprint density at radius 1 is 1.05 bits per heavy atom. The largest absolute Gasteiger partial charge is 0.386 e. The molecule has 4 aromatic rings. The lowest BCUT2D eigenvalue weighted by atomic mass is 9.87. The number of carbonyl (C=O) groups is 1. The van der Waals surface area contributed by atoms with E-state index < -0.39 is 17.5 Å². The Labute approximate surface area is 226 Å². The summed E-state index contributed by atoms with van der Waals surface area (Å²) in [6, 6.07) is 24.9. The average Bonchev–Trinajstić information content (AvgIpc) is 2.87. The van der Waals surface area contributed by atoms with E-state index in [0.717, 1.165) is 38.9 Å². The van der Waals surface area contributed by atoms with E-state index in [9.17, 15) is 9.90 Å². The van der Waals surface area contributed by atoms with Crippen molar-refractivity contribution in [2.45, 2.75) is 38.2 Å². The van der Waals surface area contributed by atoms with Crippen molar-refractivity contribution < 1.29 is 18.6 Å². The van der Waals surface area contributed by atoms with Gasteiger partial charge in [0.15, 0.2) is 0 Å². The molecule has 0 spiro atoms. The maximum absolute atomic E-state index is 12.8. The zero-order valence-corrected chi connectivity index (χ0v) is 22.2. The molecule has 7 heteroatoms. The molecule has 0 bridgehead atoms. The number of aliphatic hydroxyl groups is 1. The first kappa shape index (κ1) is 26.9. The number of nitrogens with zero attached hydrogens (tertiary/aromatic N) is 1. The topological polar surface area (TPSA) is 79.7 Å². The number of benzene rings is 3. The lowest BCUT2D eigenvalue weighted by Gasteiger charge is -2.23. The third kappa shape index (κ3) is 6.99. The fraction of sp³-hybridized carbons (Fsp3) is 0.200. The molecule has 0 aliphatic rings. The molecule has 1 heterocycles. The van der Waals surface area contributed by atoms with Crippen LogP contribution in [0.3, 0.4) is 0 Å². The molecule has 0 aliphatic carbocycles. The lowest BCUT2D eigenvalue weighted by molar-refractivity contribution is -0.135. The first-order valence-corrected chi connectivity index (χ1v) is 13.0. The van der Waals surface area contributed by atoms with Gasteiger partial charge in [0.05, 0.1) is 22.7 Å². The summed E-state index contributed by atoms with van der Waals surface area (Å²) < 4.78 is 14.0. The van der Waals surface area contributed by atoms with Crippen LogP contribution in [0.1, 0.15) is 54.1 Å². The van der Waals surface area contributed by atoms with Crippen LogP contribution in [-0.4, -0.2) is 20.6 Å². The molecule has 0 radical (unpaired) electrons. The monoisotopic (exact) mass is 533 g/mol. The highest BCUT2D eigenvalue weighted by Crippen LogP contribution is 2.30. The van der Waals surface area contributed by atoms with Crippen LogP contribution >= 0.6 is 23.9 Å². The number of rotatable bonds is 9. The number of aryl methyl sites for hydroxylation is 1. The first-order chi connectivity index (χ1) is 17.7. The Morgan fingerprint density at radius 2 is 1.84 bits per heavy atom. The number of fused-ring (bicyclic) bond motifs is 1. The molecule has 1 atom stereocenters. The molecule has 3 aromatic carbocycles. The van der Waals surface area contributed by atoms with Crippen molar-refractivity contribution in [2.24, 2.45) is 0 Å². The Bertz CT molecular complexity index is 1430. The van der Waals surface area contributed by atoms with E-state index in [1.807, 2.05) is 91.0 Å². The van der Waals surface area contributed by atoms with Crippen LogP contribution in [0, 0.1) is 0 Å². The average molecular weight is 534 g/mol. The van der Waals surface area contributed by atoms with E-state index >= 15 is 0 Å². The van der Waals surface area contributed by atoms with Crippen molar-refractivity contribution in [1.29, 1.82) is 0 Å². The van der Waals surface area contributed by atoms with Crippen LogP contribution in [0.4, 0.5) is 0 Å². The highest BCUT2D eigenvalue weighted by atomic mass is 35.5. The molecule has 0 saturated heterocycles. The molecule has 0 saturated carbocycles. The van der Waals surface area contributed by atoms with Crippen LogP contribution in [0.15, 0.2) is 78.9 Å². The molecule has 190 valence electrons. The summed E-state index contributed by atoms with van der Waals surface area (Å²) in [6.45, 7) is 3.49. The number of hydrogen-bond acceptors (Lipinski definition) is 6. The van der Waals surface area contributed by atoms with Crippen molar-refractivity contribution in [2.75, 3.05) is 0 Å². The van der Waals surface area contributed by atoms with Gasteiger partial charge in [-0.05, 0) is 73.2 Å². The molecule has 2 N–H and O–H groups in total. The second-order valence-corrected chi connectivity index (χ2v) is 10.1. The standard InChI is InChI=1S/C30H28ClNO4S/c1-30(2,34)27-9-4-3-7-21(27)13-17-26(29(33)36-37-35)23-8-5-6-20(18-23)10-15-25-16-12-22-11-14-24(31)19-28(22)32-25/h3-12,14-16,18-19,26,34-35H,13,17H2,1-2H3/b15-10+/t26-/m0/s1. The van der Waals surface area contributed by atoms with Crippen molar-refractivity contribution in [3.63, 3.8) is 0 Å². The predicted octanol–water partition coefficient (Wildman–Crippen LogP) is 7.67. The highest BCUT2D eigenvalue weighted by Gasteiger charge is 2.25. The highest BCUT2D eigenvalue weighted by molar-refractivity contribution is 7.89. The molecule has 0 fully saturated rings. The molecular weight excluding hydrogens is 506 g/mol. The minimum atomic E-state index is -1.000. The normalized spacial score (nSPS) is 12.7. The summed E-state index contributed by atoms with van der Waals surface area (Å²) in [7, 11) is 0. The fourth-order valence-corrected chi connectivity index (χ4v) is 4.77. The van der Waals surface area contributed by atoms with Gasteiger partial charge in [-0.3, -0.25) is 9.35 Å². The van der Waals surface area contributed by atoms with E-state index in [0.29, 0.717) is 17.9 Å². The minimum absolute atomic E-state index is 0.0542. The Morgan fingerprint density at radius 3 is 2.62 bits per heavy atom. The quantitative estimate of drug-likeness (QED) is 0.215. The summed E-state index contributed by atoms with van der Waals surface area (Å²) >= 11 is 6.16. The van der Waals surface area contributed by atoms with Crippen LogP contribution in [0.25, 0.3) is 23.1 Å². The Hall–Kier alpha value is -3.16. The molecular formula is C30H28ClNO4S. The van der Waals surface area contributed by atoms with Gasteiger partial charge in [-0.1, -0.05) is 78.3 Å². The molecule has 1 aromatic heterocycles. The lowest BCUT2D eigenvalue weighted by Crippen LogP contribution is -2.19. The van der Waals surface area contributed by atoms with Gasteiger partial charge in [-0.25, -0.2) is 4.98 Å². The minimum Gasteiger partial charge on any atom is -0.386 e. The summed E-state index contributed by atoms with van der Waals surface area (Å²) in [4.78, 5) is 17.5. The fourth-order valence-electron chi connectivity index (χ4n) is 4.41. The molecule has 0 aliphatic heterocycles. The third-order valence-electron chi connectivity index (χ3n) is 6.22. The third-order valence-corrected chi connectivity index (χ3v) is 6.69. The van der Waals surface area contributed by atoms with Gasteiger partial charge < -0.3 is 9.29 Å². The van der Waals surface area contributed by atoms with Gasteiger partial charge in [0, 0.05) is 10.4 Å². The SMILES string of the molecule is CC(C)(O)c1ccccc1CC[C@H](C(=O)OSO)c1cccc(/C=C/c2ccc3ccc(Cl)cc3n2)c1.